The molecule has 15 heterocycles. The highest BCUT2D eigenvalue weighted by Crippen LogP contribution is 2.56. The number of ether oxygens (including phenoxy) is 6. The first-order valence-corrected chi connectivity index (χ1v) is 42.6. The maximum absolute atomic E-state index is 14.4. The minimum absolute atomic E-state index is 0.0498. The van der Waals surface area contributed by atoms with Crippen molar-refractivity contribution in [1.82, 2.24) is 87.2 Å². The lowest BCUT2D eigenvalue weighted by molar-refractivity contribution is -0.0648. The number of imidazole rings is 3. The zero-order chi connectivity index (χ0) is 83.7. The summed E-state index contributed by atoms with van der Waals surface area (Å²) in [6, 6.07) is 3.44. The van der Waals surface area contributed by atoms with E-state index < -0.39 is 243 Å². The van der Waals surface area contributed by atoms with Gasteiger partial charge in [0.15, 0.2) is 34.1 Å². The van der Waals surface area contributed by atoms with Crippen molar-refractivity contribution >= 4 is 102 Å². The first-order chi connectivity index (χ1) is 56.0. The molecule has 0 radical (unpaired) electrons. The molecular weight excluding hydrogens is 1690 g/mol. The van der Waals surface area contributed by atoms with Gasteiger partial charge in [0.2, 0.25) is 5.95 Å². The molecular formula is C57H72N23O33P5. The summed E-state index contributed by atoms with van der Waals surface area (Å²) in [4.78, 5) is 165. The second kappa shape index (κ2) is 33.6. The van der Waals surface area contributed by atoms with E-state index in [-0.39, 0.29) is 75.6 Å². The van der Waals surface area contributed by atoms with Crippen LogP contribution in [0.25, 0.3) is 33.5 Å². The lowest BCUT2D eigenvalue weighted by atomic mass is 10.2. The van der Waals surface area contributed by atoms with Crippen LogP contribution in [0.5, 0.6) is 0 Å². The van der Waals surface area contributed by atoms with Crippen molar-refractivity contribution in [3.63, 3.8) is 0 Å². The van der Waals surface area contributed by atoms with Crippen LogP contribution in [0.2, 0.25) is 0 Å². The van der Waals surface area contributed by atoms with Crippen LogP contribution in [0.4, 0.5) is 29.2 Å². The SMILES string of the molecule is Nc1ccn([C@H]2C[C@H](OP(=O)(O)OC[C@H]3O[C@@H](n4cnc5c(N)ncnc54)C[C@@H]3OP(=O)(O)OC[C@H]3O[C@@H](n4ccc(N)nc4=O)C[C@@H]3OP(=O)(O)OC[C@H]3O[C@@H](n4cnc5c(=O)[nH]c(N)nc54)C[C@@H]3OP(=O)(O)OC[C@H]3O[C@@H](n4ccc(=O)[nH]c4=O)C[C@@H]3O)[C@@H](COP(=O)(O)O[C@H]3C[C@H](n4cnc5c(N)ncnc54)O[C@@H]3CO)O2)c(=O)n1. The number of aromatic nitrogens is 18. The third-order valence-corrected chi connectivity index (χ3v) is 24.3. The lowest BCUT2D eigenvalue weighted by Gasteiger charge is -2.26. The summed E-state index contributed by atoms with van der Waals surface area (Å²) in [5.41, 5.74) is 25.2. The predicted octanol–water partition coefficient (Wildman–Crippen LogP) is -2.64. The van der Waals surface area contributed by atoms with Gasteiger partial charge in [0, 0.05) is 63.2 Å². The van der Waals surface area contributed by atoms with E-state index in [0.717, 1.165) is 44.8 Å². The number of fused-ring (bicyclic) bond motifs is 3. The van der Waals surface area contributed by atoms with Gasteiger partial charge in [-0.25, -0.2) is 72.1 Å². The maximum atomic E-state index is 14.4. The van der Waals surface area contributed by atoms with Gasteiger partial charge in [-0.15, -0.1) is 0 Å². The number of nitrogens with one attached hydrogen (secondary N) is 2. The molecule has 0 amide bonds. The third kappa shape index (κ3) is 18.7. The number of phosphoric ester groups is 5. The van der Waals surface area contributed by atoms with Gasteiger partial charge < -0.3 is 91.8 Å². The van der Waals surface area contributed by atoms with Gasteiger partial charge >= 0.3 is 56.2 Å². The fourth-order valence-corrected chi connectivity index (χ4v) is 18.6. The first-order valence-electron chi connectivity index (χ1n) is 35.1. The standard InChI is InChI=1S/C57H72N23O33P5/c58-36-1-4-75(55(85)70-36)40-9-26(32(105-40)15-99-115(90,91)109-25-8-42(103-30(25)13-81)78-21-67-45-48(60)63-19-65-50(45)78)110-116(92,93)101-17-34-28(11-43(107-34)79-22-68-46-49(61)64-20-66-51(46)79)113-118(96,97)100-16-33-27(10-41(106-33)76-5-2-37(59)71-56(76)86)111-117(94,95)102-18-35-29(12-44(108-35)80-23-69-47-52(80)73-54(62)74-53(47)84)112-114(88,89)98-14-31-24(82)7-39(104-31)77-6-3-38(83)72-57(77)87/h1-6,19-35,39-44,81-82H,7-18H2,(H,88,89)(H,90,91)(H,92,93)(H,94,95)(H,96,97)(H2,58,70,85)(H2,59,71,86)(H2,60,63,65)(H2,61,64,66)(H,72,83,87)(H3,62,73,74,84)/t24-,25-,26-,27-,28-,29-,30+,31+,32+,33+,34+,35+,39+,40+,41+,42+,43+,44+/m0/s1. The number of anilines is 5. The van der Waals surface area contributed by atoms with Crippen LogP contribution in [0.1, 0.15) is 75.9 Å². The van der Waals surface area contributed by atoms with Gasteiger partial charge in [0.1, 0.15) is 140 Å². The Labute approximate surface area is 655 Å². The second-order valence-electron chi connectivity index (χ2n) is 27.0. The molecule has 6 aliphatic rings. The molecule has 0 bridgehead atoms. The van der Waals surface area contributed by atoms with Gasteiger partial charge in [-0.05, 0) is 12.1 Å². The molecule has 638 valence electrons. The van der Waals surface area contributed by atoms with Crippen molar-refractivity contribution in [2.45, 2.75) is 149 Å². The molecule has 9 aromatic heterocycles. The number of nitrogen functional groups attached to an aromatic ring is 5. The van der Waals surface area contributed by atoms with Crippen LogP contribution in [0.3, 0.4) is 0 Å². The number of H-pyrrole nitrogens is 2. The third-order valence-electron chi connectivity index (χ3n) is 19.3. The van der Waals surface area contributed by atoms with Crippen LogP contribution in [0, 0.1) is 0 Å². The van der Waals surface area contributed by atoms with Crippen LogP contribution in [0.15, 0.2) is 92.4 Å². The smallest absolute Gasteiger partial charge is 0.394 e. The Morgan fingerprint density at radius 2 is 0.746 bits per heavy atom. The molecule has 5 unspecified atom stereocenters. The number of aliphatic hydroxyl groups is 2. The quantitative estimate of drug-likeness (QED) is 0.0192. The molecule has 0 aromatic carbocycles. The summed E-state index contributed by atoms with van der Waals surface area (Å²) in [6.45, 7) is -5.76. The molecule has 6 saturated heterocycles. The van der Waals surface area contributed by atoms with Crippen LogP contribution < -0.4 is 56.9 Å². The monoisotopic (exact) mass is 1760 g/mol. The van der Waals surface area contributed by atoms with E-state index >= 15 is 0 Å². The Kier molecular flexibility index (Phi) is 24.0. The molecule has 0 spiro atoms. The van der Waals surface area contributed by atoms with Crippen molar-refractivity contribution < 1.29 is 131 Å². The summed E-state index contributed by atoms with van der Waals surface area (Å²) in [5, 5.41) is 21.1. The number of phosphoric acid groups is 5. The molecule has 6 fully saturated rings. The Bertz CT molecular complexity index is 5820. The largest absolute Gasteiger partial charge is 0.472 e. The number of nitrogens with zero attached hydrogens (tertiary/aromatic N) is 16. The predicted molar refractivity (Wildman–Crippen MR) is 387 cm³/mol. The zero-order valence-electron chi connectivity index (χ0n) is 60.3. The van der Waals surface area contributed by atoms with Gasteiger partial charge in [-0.1, -0.05) is 0 Å². The Morgan fingerprint density at radius 3 is 1.14 bits per heavy atom. The van der Waals surface area contributed by atoms with Crippen molar-refractivity contribution in [3.8, 4) is 0 Å². The molecule has 19 N–H and O–H groups in total. The summed E-state index contributed by atoms with van der Waals surface area (Å²) in [7, 11) is -27.3. The van der Waals surface area contributed by atoms with Crippen molar-refractivity contribution in [3.05, 3.63) is 121 Å². The fourth-order valence-electron chi connectivity index (χ4n) is 13.8. The fraction of sp³-hybridized carbons (Fsp3) is 0.526. The van der Waals surface area contributed by atoms with E-state index in [1.54, 1.807) is 0 Å². The number of nitrogens with two attached hydrogens (primary N) is 5. The van der Waals surface area contributed by atoms with Crippen LogP contribution >= 0.6 is 39.1 Å². The van der Waals surface area contributed by atoms with E-state index in [1.807, 2.05) is 4.98 Å². The highest BCUT2D eigenvalue weighted by molar-refractivity contribution is 7.48. The van der Waals surface area contributed by atoms with Gasteiger partial charge in [0.05, 0.1) is 64.7 Å². The average Bonchev–Trinajstić information content (AvgIpc) is 1.64. The molecule has 61 heteroatoms. The van der Waals surface area contributed by atoms with Crippen molar-refractivity contribution in [1.29, 1.82) is 0 Å². The van der Waals surface area contributed by atoms with E-state index in [4.69, 9.17) is 102 Å². The molecule has 0 saturated carbocycles. The number of hydrogen-bond donors (Lipinski definition) is 14. The highest BCUT2D eigenvalue weighted by atomic mass is 31.2. The van der Waals surface area contributed by atoms with Gasteiger partial charge in [-0.2, -0.15) is 15.0 Å². The lowest BCUT2D eigenvalue weighted by Crippen LogP contribution is -2.32. The molecule has 56 nitrogen and oxygen atoms in total. The summed E-state index contributed by atoms with van der Waals surface area (Å²) in [5.74, 6) is -0.814. The number of aromatic amines is 2. The zero-order valence-corrected chi connectivity index (χ0v) is 64.7. The molecule has 23 atom stereocenters. The molecule has 0 aliphatic carbocycles. The first kappa shape index (κ1) is 84.2. The van der Waals surface area contributed by atoms with Crippen molar-refractivity contribution in [2.24, 2.45) is 0 Å². The van der Waals surface area contributed by atoms with Crippen LogP contribution in [-0.4, -0.2) is 235 Å². The minimum Gasteiger partial charge on any atom is -0.394 e. The van der Waals surface area contributed by atoms with Gasteiger partial charge in [0.25, 0.3) is 11.1 Å². The number of aliphatic hydroxyl groups excluding tert-OH is 2. The Balaban J connectivity index is 0.628. The van der Waals surface area contributed by atoms with Crippen molar-refractivity contribution in [2.75, 3.05) is 68.3 Å². The average molecular weight is 1760 g/mol. The van der Waals surface area contributed by atoms with E-state index in [2.05, 4.69) is 54.8 Å². The molecule has 15 rings (SSSR count). The maximum Gasteiger partial charge on any atom is 0.472 e. The molecule has 9 aromatic rings. The van der Waals surface area contributed by atoms with Gasteiger partial charge in [-0.3, -0.25) is 92.2 Å². The molecule has 6 aliphatic heterocycles. The summed E-state index contributed by atoms with van der Waals surface area (Å²) < 4.78 is 169. The summed E-state index contributed by atoms with van der Waals surface area (Å²) in [6.07, 6.45) is -19.7. The molecule has 118 heavy (non-hydrogen) atoms. The minimum atomic E-state index is -5.60. The topological polar surface area (TPSA) is 780 Å². The Morgan fingerprint density at radius 1 is 0.407 bits per heavy atom. The number of rotatable bonds is 32. The van der Waals surface area contributed by atoms with Crippen LogP contribution in [-0.2, 0) is 96.5 Å². The Hall–Kier alpha value is -8.88. The summed E-state index contributed by atoms with van der Waals surface area (Å²) >= 11 is 0. The van der Waals surface area contributed by atoms with E-state index in [1.165, 1.54) is 51.0 Å². The number of hydrogen-bond acceptors (Lipinski definition) is 43. The highest BCUT2D eigenvalue weighted by Gasteiger charge is 2.52. The van der Waals surface area contributed by atoms with E-state index in [9.17, 15) is 81.5 Å². The normalized spacial score (nSPS) is 30.0. The van der Waals surface area contributed by atoms with E-state index in [0.29, 0.717) is 0 Å². The second-order valence-corrected chi connectivity index (χ2v) is 34.1.